The summed E-state index contributed by atoms with van der Waals surface area (Å²) in [4.78, 5) is 15.9. The molecule has 112 valence electrons. The van der Waals surface area contributed by atoms with Crippen LogP contribution in [0.5, 0.6) is 0 Å². The lowest BCUT2D eigenvalue weighted by Crippen LogP contribution is -2.29. The van der Waals surface area contributed by atoms with E-state index in [4.69, 9.17) is 4.42 Å². The maximum atomic E-state index is 12.5. The van der Waals surface area contributed by atoms with Crippen LogP contribution in [0.15, 0.2) is 41.3 Å². The number of likely N-dealkylation sites (tertiary alicyclic amines) is 1. The van der Waals surface area contributed by atoms with Crippen molar-refractivity contribution in [2.24, 2.45) is 0 Å². The molecule has 0 aromatic carbocycles. The van der Waals surface area contributed by atoms with Crippen molar-refractivity contribution in [2.45, 2.75) is 12.5 Å². The number of amides is 1. The third-order valence-corrected chi connectivity index (χ3v) is 3.80. The van der Waals surface area contributed by atoms with Crippen LogP contribution in [-0.4, -0.2) is 49.1 Å². The number of aromatic nitrogens is 5. The van der Waals surface area contributed by atoms with Crippen molar-refractivity contribution < 1.29 is 9.21 Å². The number of furan rings is 1. The zero-order valence-electron chi connectivity index (χ0n) is 11.7. The van der Waals surface area contributed by atoms with E-state index in [1.165, 1.54) is 0 Å². The average molecular weight is 298 g/mol. The summed E-state index contributed by atoms with van der Waals surface area (Å²) in [5.74, 6) is 0.565. The van der Waals surface area contributed by atoms with Crippen LogP contribution in [0.1, 0.15) is 23.0 Å². The number of hydrogen-bond acceptors (Lipinski definition) is 5. The van der Waals surface area contributed by atoms with Gasteiger partial charge in [0, 0.05) is 19.2 Å². The summed E-state index contributed by atoms with van der Waals surface area (Å²) >= 11 is 0. The van der Waals surface area contributed by atoms with Gasteiger partial charge in [0.15, 0.2) is 11.5 Å². The number of aromatic amines is 1. The molecule has 1 unspecified atom stereocenters. The Morgan fingerprint density at radius 3 is 3.00 bits per heavy atom. The standard InChI is InChI=1S/C14H14N6O2/c21-14(12-8-11(17-18-12)13-2-1-7-22-13)19-6-3-10(9-19)20-15-4-5-16-20/h1-2,4-5,7-8,10H,3,6,9H2,(H,17,18). The van der Waals surface area contributed by atoms with Crippen LogP contribution < -0.4 is 0 Å². The van der Waals surface area contributed by atoms with Gasteiger partial charge in [-0.15, -0.1) is 0 Å². The molecule has 0 bridgehead atoms. The van der Waals surface area contributed by atoms with Gasteiger partial charge in [-0.1, -0.05) is 0 Å². The van der Waals surface area contributed by atoms with Crippen molar-refractivity contribution in [3.8, 4) is 11.5 Å². The van der Waals surface area contributed by atoms with E-state index >= 15 is 0 Å². The fraction of sp³-hybridized carbons (Fsp3) is 0.286. The van der Waals surface area contributed by atoms with Gasteiger partial charge >= 0.3 is 0 Å². The van der Waals surface area contributed by atoms with E-state index in [0.29, 0.717) is 30.2 Å². The van der Waals surface area contributed by atoms with Crippen LogP contribution in [0.25, 0.3) is 11.5 Å². The van der Waals surface area contributed by atoms with Gasteiger partial charge in [-0.3, -0.25) is 9.89 Å². The van der Waals surface area contributed by atoms with E-state index in [9.17, 15) is 4.79 Å². The first kappa shape index (κ1) is 12.8. The fourth-order valence-corrected chi connectivity index (χ4v) is 2.68. The minimum atomic E-state index is -0.0938. The number of nitrogens with zero attached hydrogens (tertiary/aromatic N) is 5. The summed E-state index contributed by atoms with van der Waals surface area (Å²) in [5, 5.41) is 15.2. The SMILES string of the molecule is O=C(c1cc(-c2ccco2)[nH]n1)N1CCC(n2nccn2)C1. The Hall–Kier alpha value is -2.90. The molecule has 1 amide bonds. The van der Waals surface area contributed by atoms with E-state index in [0.717, 1.165) is 6.42 Å². The lowest BCUT2D eigenvalue weighted by atomic mass is 10.3. The first-order chi connectivity index (χ1) is 10.8. The highest BCUT2D eigenvalue weighted by molar-refractivity contribution is 5.93. The monoisotopic (exact) mass is 298 g/mol. The first-order valence-corrected chi connectivity index (χ1v) is 7.05. The molecule has 1 atom stereocenters. The Bertz CT molecular complexity index is 761. The number of carbonyl (C=O) groups excluding carboxylic acids is 1. The van der Waals surface area contributed by atoms with Gasteiger partial charge in [0.2, 0.25) is 0 Å². The molecule has 3 aromatic heterocycles. The number of nitrogens with one attached hydrogen (secondary N) is 1. The molecule has 0 aliphatic carbocycles. The Morgan fingerprint density at radius 2 is 2.23 bits per heavy atom. The molecule has 4 rings (SSSR count). The quantitative estimate of drug-likeness (QED) is 0.787. The number of carbonyl (C=O) groups is 1. The molecule has 1 aliphatic heterocycles. The van der Waals surface area contributed by atoms with Crippen LogP contribution in [0.4, 0.5) is 0 Å². The largest absolute Gasteiger partial charge is 0.463 e. The molecule has 0 radical (unpaired) electrons. The summed E-state index contributed by atoms with van der Waals surface area (Å²) in [6.07, 6.45) is 5.72. The third kappa shape index (κ3) is 2.18. The summed E-state index contributed by atoms with van der Waals surface area (Å²) in [6, 6.07) is 5.44. The predicted molar refractivity (Wildman–Crippen MR) is 75.9 cm³/mol. The van der Waals surface area contributed by atoms with Crippen molar-refractivity contribution in [2.75, 3.05) is 13.1 Å². The number of rotatable bonds is 3. The smallest absolute Gasteiger partial charge is 0.274 e. The normalized spacial score (nSPS) is 18.0. The topological polar surface area (TPSA) is 92.8 Å². The van der Waals surface area contributed by atoms with Gasteiger partial charge in [0.05, 0.1) is 24.7 Å². The van der Waals surface area contributed by atoms with Crippen LogP contribution in [0.2, 0.25) is 0 Å². The van der Waals surface area contributed by atoms with Gasteiger partial charge in [-0.2, -0.15) is 20.1 Å². The van der Waals surface area contributed by atoms with Crippen LogP contribution in [0, 0.1) is 0 Å². The highest BCUT2D eigenvalue weighted by atomic mass is 16.3. The molecule has 4 heterocycles. The minimum absolute atomic E-state index is 0.0938. The summed E-state index contributed by atoms with van der Waals surface area (Å²) in [7, 11) is 0. The Morgan fingerprint density at radius 1 is 1.36 bits per heavy atom. The van der Waals surface area contributed by atoms with Crippen LogP contribution >= 0.6 is 0 Å². The highest BCUT2D eigenvalue weighted by Gasteiger charge is 2.30. The zero-order chi connectivity index (χ0) is 14.9. The van der Waals surface area contributed by atoms with Crippen molar-refractivity contribution in [3.63, 3.8) is 0 Å². The second kappa shape index (κ2) is 5.14. The van der Waals surface area contributed by atoms with Crippen molar-refractivity contribution in [1.29, 1.82) is 0 Å². The maximum absolute atomic E-state index is 12.5. The van der Waals surface area contributed by atoms with Crippen molar-refractivity contribution >= 4 is 5.91 Å². The van der Waals surface area contributed by atoms with E-state index in [1.807, 2.05) is 6.07 Å². The molecule has 3 aromatic rings. The maximum Gasteiger partial charge on any atom is 0.274 e. The van der Waals surface area contributed by atoms with Crippen LogP contribution in [0.3, 0.4) is 0 Å². The zero-order valence-corrected chi connectivity index (χ0v) is 11.7. The average Bonchev–Trinajstić information content (AvgIpc) is 3.35. The van der Waals surface area contributed by atoms with Crippen molar-refractivity contribution in [1.82, 2.24) is 30.1 Å². The second-order valence-electron chi connectivity index (χ2n) is 5.19. The Balaban J connectivity index is 1.49. The van der Waals surface area contributed by atoms with Crippen molar-refractivity contribution in [3.05, 3.63) is 42.5 Å². The minimum Gasteiger partial charge on any atom is -0.463 e. The van der Waals surface area contributed by atoms with Gasteiger partial charge in [0.25, 0.3) is 5.91 Å². The molecule has 8 nitrogen and oxygen atoms in total. The molecule has 22 heavy (non-hydrogen) atoms. The van der Waals surface area contributed by atoms with Gasteiger partial charge in [-0.25, -0.2) is 0 Å². The number of H-pyrrole nitrogens is 1. The van der Waals surface area contributed by atoms with E-state index in [-0.39, 0.29) is 11.9 Å². The molecule has 0 spiro atoms. The fourth-order valence-electron chi connectivity index (χ4n) is 2.68. The molecule has 1 saturated heterocycles. The lowest BCUT2D eigenvalue weighted by molar-refractivity contribution is 0.0780. The first-order valence-electron chi connectivity index (χ1n) is 7.05. The molecule has 1 aliphatic rings. The Kier molecular flexibility index (Phi) is 2.99. The molecule has 1 fully saturated rings. The molecular formula is C14H14N6O2. The highest BCUT2D eigenvalue weighted by Crippen LogP contribution is 2.23. The van der Waals surface area contributed by atoms with Gasteiger partial charge in [-0.05, 0) is 18.6 Å². The molecule has 0 saturated carbocycles. The lowest BCUT2D eigenvalue weighted by Gasteiger charge is -2.14. The molecule has 1 N–H and O–H groups in total. The van der Waals surface area contributed by atoms with Gasteiger partial charge < -0.3 is 9.32 Å². The summed E-state index contributed by atoms with van der Waals surface area (Å²) in [6.45, 7) is 1.27. The third-order valence-electron chi connectivity index (χ3n) is 3.80. The molecular weight excluding hydrogens is 284 g/mol. The van der Waals surface area contributed by atoms with Gasteiger partial charge in [0.1, 0.15) is 5.69 Å². The Labute approximate surface area is 125 Å². The van der Waals surface area contributed by atoms with E-state index in [1.54, 1.807) is 40.5 Å². The van der Waals surface area contributed by atoms with Crippen LogP contribution in [-0.2, 0) is 0 Å². The predicted octanol–water partition coefficient (Wildman–Crippen LogP) is 1.35. The second-order valence-corrected chi connectivity index (χ2v) is 5.19. The summed E-state index contributed by atoms with van der Waals surface area (Å²) < 4.78 is 5.29. The number of hydrogen-bond donors (Lipinski definition) is 1. The van der Waals surface area contributed by atoms with E-state index in [2.05, 4.69) is 20.4 Å². The molecule has 8 heteroatoms. The van der Waals surface area contributed by atoms with E-state index < -0.39 is 0 Å². The summed E-state index contributed by atoms with van der Waals surface area (Å²) in [5.41, 5.74) is 1.08.